The van der Waals surface area contributed by atoms with E-state index in [1.54, 1.807) is 34.2 Å². The zero-order chi connectivity index (χ0) is 16.1. The summed E-state index contributed by atoms with van der Waals surface area (Å²) >= 11 is 3.34. The Labute approximate surface area is 143 Å². The van der Waals surface area contributed by atoms with Gasteiger partial charge in [0, 0.05) is 30.1 Å². The summed E-state index contributed by atoms with van der Waals surface area (Å²) in [6, 6.07) is 9.97. The number of likely N-dealkylation sites (tertiary alicyclic amines) is 1. The van der Waals surface area contributed by atoms with Crippen LogP contribution in [0.2, 0.25) is 0 Å². The van der Waals surface area contributed by atoms with Crippen molar-refractivity contribution in [1.29, 1.82) is 5.26 Å². The Hall–Kier alpha value is -2.04. The number of hydrogen-bond donors (Lipinski definition) is 1. The SMILES string of the molecule is N#CC1CCN(C(=O)Nc2ccc(Sc3cccs3)cn2)CC1. The second kappa shape index (κ2) is 7.49. The minimum atomic E-state index is -0.146. The summed E-state index contributed by atoms with van der Waals surface area (Å²) in [6.45, 7) is 1.24. The van der Waals surface area contributed by atoms with Crippen LogP contribution < -0.4 is 5.32 Å². The fraction of sp³-hybridized carbons (Fsp3) is 0.312. The Morgan fingerprint density at radius 2 is 2.22 bits per heavy atom. The van der Waals surface area contributed by atoms with Crippen LogP contribution in [0, 0.1) is 17.2 Å². The van der Waals surface area contributed by atoms with Gasteiger partial charge in [0.2, 0.25) is 0 Å². The van der Waals surface area contributed by atoms with Crippen LogP contribution in [0.3, 0.4) is 0 Å². The van der Waals surface area contributed by atoms with Crippen LogP contribution in [0.5, 0.6) is 0 Å². The standard InChI is InChI=1S/C16H16N4OS2/c17-10-12-5-7-20(8-6-12)16(21)19-14-4-3-13(11-18-14)23-15-2-1-9-22-15/h1-4,9,11-12H,5-8H2,(H,18,19,21). The molecule has 1 fully saturated rings. The molecule has 2 aromatic heterocycles. The van der Waals surface area contributed by atoms with E-state index in [0.29, 0.717) is 18.9 Å². The smallest absolute Gasteiger partial charge is 0.323 e. The molecule has 0 bridgehead atoms. The van der Waals surface area contributed by atoms with Crippen molar-refractivity contribution in [2.45, 2.75) is 21.9 Å². The molecule has 0 radical (unpaired) electrons. The van der Waals surface area contributed by atoms with Crippen LogP contribution in [-0.4, -0.2) is 29.0 Å². The van der Waals surface area contributed by atoms with Gasteiger partial charge in [-0.2, -0.15) is 5.26 Å². The van der Waals surface area contributed by atoms with E-state index >= 15 is 0 Å². The van der Waals surface area contributed by atoms with E-state index in [-0.39, 0.29) is 11.9 Å². The number of anilines is 1. The van der Waals surface area contributed by atoms with E-state index in [9.17, 15) is 4.79 Å². The van der Waals surface area contributed by atoms with Crippen molar-refractivity contribution in [2.24, 2.45) is 5.92 Å². The molecule has 1 N–H and O–H groups in total. The van der Waals surface area contributed by atoms with Crippen molar-refractivity contribution in [1.82, 2.24) is 9.88 Å². The summed E-state index contributed by atoms with van der Waals surface area (Å²) in [6.07, 6.45) is 3.25. The summed E-state index contributed by atoms with van der Waals surface area (Å²) < 4.78 is 1.21. The Morgan fingerprint density at radius 3 is 2.83 bits per heavy atom. The van der Waals surface area contributed by atoms with Crippen molar-refractivity contribution >= 4 is 34.9 Å². The van der Waals surface area contributed by atoms with E-state index in [0.717, 1.165) is 17.7 Å². The van der Waals surface area contributed by atoms with Crippen molar-refractivity contribution in [3.05, 3.63) is 35.8 Å². The van der Waals surface area contributed by atoms with Crippen molar-refractivity contribution in [2.75, 3.05) is 18.4 Å². The topological polar surface area (TPSA) is 69.0 Å². The number of carbonyl (C=O) groups is 1. The number of nitriles is 1. The second-order valence-electron chi connectivity index (χ2n) is 5.23. The molecular weight excluding hydrogens is 328 g/mol. The molecule has 2 aromatic rings. The van der Waals surface area contributed by atoms with Crippen LogP contribution >= 0.6 is 23.1 Å². The first-order chi connectivity index (χ1) is 11.2. The molecule has 1 aliphatic heterocycles. The largest absolute Gasteiger partial charge is 0.324 e. The van der Waals surface area contributed by atoms with E-state index in [1.807, 2.05) is 23.6 Å². The molecule has 3 heterocycles. The lowest BCUT2D eigenvalue weighted by Crippen LogP contribution is -2.40. The monoisotopic (exact) mass is 344 g/mol. The average Bonchev–Trinajstić information content (AvgIpc) is 3.10. The molecule has 2 amide bonds. The van der Waals surface area contributed by atoms with Gasteiger partial charge >= 0.3 is 6.03 Å². The number of aromatic nitrogens is 1. The summed E-state index contributed by atoms with van der Waals surface area (Å²) in [4.78, 5) is 19.3. The highest BCUT2D eigenvalue weighted by Crippen LogP contribution is 2.31. The number of urea groups is 1. The van der Waals surface area contributed by atoms with Gasteiger partial charge in [0.25, 0.3) is 0 Å². The van der Waals surface area contributed by atoms with Crippen LogP contribution in [-0.2, 0) is 0 Å². The van der Waals surface area contributed by atoms with Gasteiger partial charge in [-0.3, -0.25) is 5.32 Å². The third-order valence-electron chi connectivity index (χ3n) is 3.65. The molecule has 0 aromatic carbocycles. The number of thiophene rings is 1. The summed E-state index contributed by atoms with van der Waals surface area (Å²) in [5.41, 5.74) is 0. The zero-order valence-electron chi connectivity index (χ0n) is 12.4. The molecule has 0 aliphatic carbocycles. The van der Waals surface area contributed by atoms with Gasteiger partial charge in [0.1, 0.15) is 5.82 Å². The van der Waals surface area contributed by atoms with Crippen LogP contribution in [0.15, 0.2) is 44.9 Å². The normalized spacial score (nSPS) is 15.2. The van der Waals surface area contributed by atoms with Crippen molar-refractivity contribution in [3.8, 4) is 6.07 Å². The summed E-state index contributed by atoms with van der Waals surface area (Å²) in [5.74, 6) is 0.624. The fourth-order valence-electron chi connectivity index (χ4n) is 2.35. The Kier molecular flexibility index (Phi) is 5.16. The highest BCUT2D eigenvalue weighted by molar-refractivity contribution is 8.01. The third-order valence-corrected chi connectivity index (χ3v) is 5.66. The first-order valence-corrected chi connectivity index (χ1v) is 9.07. The van der Waals surface area contributed by atoms with Gasteiger partial charge < -0.3 is 4.90 Å². The minimum Gasteiger partial charge on any atom is -0.324 e. The number of pyridine rings is 1. The highest BCUT2D eigenvalue weighted by Gasteiger charge is 2.22. The Balaban J connectivity index is 1.54. The quantitative estimate of drug-likeness (QED) is 0.911. The zero-order valence-corrected chi connectivity index (χ0v) is 14.1. The highest BCUT2D eigenvalue weighted by atomic mass is 32.2. The first kappa shape index (κ1) is 15.8. The molecule has 0 unspecified atom stereocenters. The molecule has 118 valence electrons. The predicted molar refractivity (Wildman–Crippen MR) is 91.6 cm³/mol. The molecule has 0 atom stereocenters. The van der Waals surface area contributed by atoms with Crippen molar-refractivity contribution in [3.63, 3.8) is 0 Å². The maximum absolute atomic E-state index is 12.2. The summed E-state index contributed by atoms with van der Waals surface area (Å²) in [5, 5.41) is 13.7. The Morgan fingerprint density at radius 1 is 1.39 bits per heavy atom. The molecule has 23 heavy (non-hydrogen) atoms. The number of amides is 2. The first-order valence-electron chi connectivity index (χ1n) is 7.37. The minimum absolute atomic E-state index is 0.0748. The number of carbonyl (C=O) groups excluding carboxylic acids is 1. The predicted octanol–water partition coefficient (Wildman–Crippen LogP) is 4.06. The van der Waals surface area contributed by atoms with Gasteiger partial charge in [0.05, 0.1) is 10.3 Å². The van der Waals surface area contributed by atoms with E-state index in [2.05, 4.69) is 22.4 Å². The lowest BCUT2D eigenvalue weighted by atomic mass is 9.99. The van der Waals surface area contributed by atoms with Gasteiger partial charge in [-0.1, -0.05) is 17.8 Å². The molecule has 0 saturated carbocycles. The van der Waals surface area contributed by atoms with E-state index in [1.165, 1.54) is 4.21 Å². The number of nitrogens with one attached hydrogen (secondary N) is 1. The lowest BCUT2D eigenvalue weighted by Gasteiger charge is -2.29. The van der Waals surface area contributed by atoms with E-state index < -0.39 is 0 Å². The van der Waals surface area contributed by atoms with E-state index in [4.69, 9.17) is 5.26 Å². The van der Waals surface area contributed by atoms with Crippen LogP contribution in [0.1, 0.15) is 12.8 Å². The maximum Gasteiger partial charge on any atom is 0.323 e. The molecule has 0 spiro atoms. The van der Waals surface area contributed by atoms with Crippen molar-refractivity contribution < 1.29 is 4.79 Å². The van der Waals surface area contributed by atoms with Gasteiger partial charge in [-0.15, -0.1) is 11.3 Å². The van der Waals surface area contributed by atoms with Crippen LogP contribution in [0.4, 0.5) is 10.6 Å². The molecule has 3 rings (SSSR count). The maximum atomic E-state index is 12.2. The fourth-order valence-corrected chi connectivity index (χ4v) is 4.07. The molecular formula is C16H16N4OS2. The lowest BCUT2D eigenvalue weighted by molar-refractivity contribution is 0.192. The number of hydrogen-bond acceptors (Lipinski definition) is 5. The third kappa shape index (κ3) is 4.24. The number of nitrogens with zero attached hydrogens (tertiary/aromatic N) is 3. The summed E-state index contributed by atoms with van der Waals surface area (Å²) in [7, 11) is 0. The second-order valence-corrected chi connectivity index (χ2v) is 7.56. The molecule has 1 aliphatic rings. The van der Waals surface area contributed by atoms with Gasteiger partial charge in [0.15, 0.2) is 0 Å². The number of piperidine rings is 1. The Bertz CT molecular complexity index is 686. The van der Waals surface area contributed by atoms with Gasteiger partial charge in [-0.05, 0) is 36.4 Å². The molecule has 7 heteroatoms. The number of rotatable bonds is 3. The average molecular weight is 344 g/mol. The van der Waals surface area contributed by atoms with Gasteiger partial charge in [-0.25, -0.2) is 9.78 Å². The molecule has 5 nitrogen and oxygen atoms in total. The van der Waals surface area contributed by atoms with Crippen LogP contribution in [0.25, 0.3) is 0 Å². The molecule has 1 saturated heterocycles.